The van der Waals surface area contributed by atoms with Crippen molar-refractivity contribution in [2.45, 2.75) is 25.2 Å². The van der Waals surface area contributed by atoms with Crippen LogP contribution in [0.15, 0.2) is 24.3 Å². The smallest absolute Gasteiger partial charge is 0.123 e. The first-order valence-corrected chi connectivity index (χ1v) is 5.17. The number of rotatable bonds is 1. The molecule has 1 fully saturated rings. The second-order valence-corrected chi connectivity index (χ2v) is 4.35. The Bertz CT molecular complexity index is 316. The van der Waals surface area contributed by atoms with Gasteiger partial charge in [0.25, 0.3) is 0 Å². The highest BCUT2D eigenvalue weighted by molar-refractivity contribution is 5.26. The Kier molecular flexibility index (Phi) is 2.55. The topological polar surface area (TPSA) is 12.0 Å². The number of nitrogens with one attached hydrogen (secondary N) is 1. The van der Waals surface area contributed by atoms with Gasteiger partial charge in [0.1, 0.15) is 5.82 Å². The third kappa shape index (κ3) is 1.80. The molecule has 1 unspecified atom stereocenters. The molecule has 0 aromatic heterocycles. The van der Waals surface area contributed by atoms with Crippen LogP contribution in [0.1, 0.15) is 25.3 Å². The molecule has 14 heavy (non-hydrogen) atoms. The second-order valence-electron chi connectivity index (χ2n) is 4.35. The van der Waals surface area contributed by atoms with Gasteiger partial charge < -0.3 is 5.32 Å². The lowest BCUT2D eigenvalue weighted by Gasteiger charge is -2.34. The standard InChI is InChI=1S/C12H16FN/c1-12(6-3-7-14-9-12)10-4-2-5-11(13)8-10/h2,4-5,8,14H,3,6-7,9H2,1H3. The summed E-state index contributed by atoms with van der Waals surface area (Å²) in [5.41, 5.74) is 1.23. The summed E-state index contributed by atoms with van der Waals surface area (Å²) in [6.45, 7) is 4.25. The van der Waals surface area contributed by atoms with E-state index in [2.05, 4.69) is 12.2 Å². The summed E-state index contributed by atoms with van der Waals surface area (Å²) in [5.74, 6) is -0.130. The van der Waals surface area contributed by atoms with Crippen LogP contribution in [0, 0.1) is 5.82 Å². The highest BCUT2D eigenvalue weighted by atomic mass is 19.1. The summed E-state index contributed by atoms with van der Waals surface area (Å²) in [4.78, 5) is 0. The number of piperidine rings is 1. The summed E-state index contributed by atoms with van der Waals surface area (Å²) in [6, 6.07) is 6.98. The summed E-state index contributed by atoms with van der Waals surface area (Å²) in [5, 5.41) is 3.37. The normalized spacial score (nSPS) is 27.6. The lowest BCUT2D eigenvalue weighted by molar-refractivity contribution is 0.338. The van der Waals surface area contributed by atoms with Crippen molar-refractivity contribution in [2.24, 2.45) is 0 Å². The van der Waals surface area contributed by atoms with Crippen LogP contribution in [0.25, 0.3) is 0 Å². The Hall–Kier alpha value is -0.890. The first kappa shape index (κ1) is 9.66. The molecule has 0 radical (unpaired) electrons. The van der Waals surface area contributed by atoms with Crippen molar-refractivity contribution in [1.29, 1.82) is 0 Å². The molecule has 0 saturated carbocycles. The van der Waals surface area contributed by atoms with Gasteiger partial charge in [0.15, 0.2) is 0 Å². The van der Waals surface area contributed by atoms with E-state index >= 15 is 0 Å². The molecule has 1 aliphatic heterocycles. The Morgan fingerprint density at radius 2 is 2.29 bits per heavy atom. The minimum absolute atomic E-state index is 0.111. The zero-order chi connectivity index (χ0) is 10.0. The van der Waals surface area contributed by atoms with Gasteiger partial charge in [-0.1, -0.05) is 19.1 Å². The maximum absolute atomic E-state index is 13.1. The van der Waals surface area contributed by atoms with Gasteiger partial charge in [0, 0.05) is 12.0 Å². The van der Waals surface area contributed by atoms with Crippen molar-refractivity contribution in [2.75, 3.05) is 13.1 Å². The maximum Gasteiger partial charge on any atom is 0.123 e. The largest absolute Gasteiger partial charge is 0.316 e. The molecule has 1 aliphatic rings. The average molecular weight is 193 g/mol. The first-order chi connectivity index (χ1) is 6.71. The van der Waals surface area contributed by atoms with E-state index in [0.29, 0.717) is 0 Å². The fourth-order valence-electron chi connectivity index (χ4n) is 2.17. The fourth-order valence-corrected chi connectivity index (χ4v) is 2.17. The van der Waals surface area contributed by atoms with Crippen LogP contribution in [-0.2, 0) is 5.41 Å². The predicted molar refractivity (Wildman–Crippen MR) is 55.9 cm³/mol. The molecular weight excluding hydrogens is 177 g/mol. The van der Waals surface area contributed by atoms with Crippen LogP contribution in [0.4, 0.5) is 4.39 Å². The van der Waals surface area contributed by atoms with Gasteiger partial charge in [-0.15, -0.1) is 0 Å². The van der Waals surface area contributed by atoms with E-state index < -0.39 is 0 Å². The second kappa shape index (κ2) is 3.70. The number of halogens is 1. The Morgan fingerprint density at radius 3 is 2.93 bits per heavy atom. The van der Waals surface area contributed by atoms with Crippen LogP contribution in [0.2, 0.25) is 0 Å². The molecule has 0 bridgehead atoms. The van der Waals surface area contributed by atoms with E-state index in [0.717, 1.165) is 25.1 Å². The van der Waals surface area contributed by atoms with Gasteiger partial charge in [-0.25, -0.2) is 4.39 Å². The zero-order valence-electron chi connectivity index (χ0n) is 8.52. The van der Waals surface area contributed by atoms with Gasteiger partial charge in [0.2, 0.25) is 0 Å². The molecule has 0 amide bonds. The van der Waals surface area contributed by atoms with Gasteiger partial charge >= 0.3 is 0 Å². The maximum atomic E-state index is 13.1. The molecule has 1 saturated heterocycles. The van der Waals surface area contributed by atoms with Crippen molar-refractivity contribution in [3.8, 4) is 0 Å². The highest BCUT2D eigenvalue weighted by Crippen LogP contribution is 2.30. The Labute approximate surface area is 84.3 Å². The quantitative estimate of drug-likeness (QED) is 0.722. The molecular formula is C12H16FN. The third-order valence-corrected chi connectivity index (χ3v) is 3.12. The van der Waals surface area contributed by atoms with E-state index in [-0.39, 0.29) is 11.2 Å². The van der Waals surface area contributed by atoms with Crippen LogP contribution < -0.4 is 5.32 Å². The minimum atomic E-state index is -0.130. The molecule has 1 nitrogen and oxygen atoms in total. The number of hydrogen-bond donors (Lipinski definition) is 1. The van der Waals surface area contributed by atoms with Crippen molar-refractivity contribution in [3.63, 3.8) is 0 Å². The zero-order valence-corrected chi connectivity index (χ0v) is 8.52. The molecule has 76 valence electrons. The number of benzene rings is 1. The van der Waals surface area contributed by atoms with Gasteiger partial charge in [-0.05, 0) is 37.1 Å². The Balaban J connectivity index is 2.28. The lowest BCUT2D eigenvalue weighted by Crippen LogP contribution is -2.41. The summed E-state index contributed by atoms with van der Waals surface area (Å²) >= 11 is 0. The fraction of sp³-hybridized carbons (Fsp3) is 0.500. The van der Waals surface area contributed by atoms with Crippen LogP contribution in [0.5, 0.6) is 0 Å². The molecule has 1 aromatic rings. The van der Waals surface area contributed by atoms with Crippen molar-refractivity contribution >= 4 is 0 Å². The molecule has 2 rings (SSSR count). The molecule has 1 N–H and O–H groups in total. The van der Waals surface area contributed by atoms with Crippen molar-refractivity contribution < 1.29 is 4.39 Å². The summed E-state index contributed by atoms with van der Waals surface area (Å²) in [6.07, 6.45) is 2.32. The predicted octanol–water partition coefficient (Wildman–Crippen LogP) is 2.47. The molecule has 1 heterocycles. The van der Waals surface area contributed by atoms with Gasteiger partial charge in [-0.2, -0.15) is 0 Å². The SMILES string of the molecule is CC1(c2cccc(F)c2)CCCNC1. The van der Waals surface area contributed by atoms with E-state index in [1.54, 1.807) is 12.1 Å². The van der Waals surface area contributed by atoms with E-state index in [1.165, 1.54) is 12.5 Å². The van der Waals surface area contributed by atoms with Crippen molar-refractivity contribution in [3.05, 3.63) is 35.6 Å². The lowest BCUT2D eigenvalue weighted by atomic mass is 9.76. The Morgan fingerprint density at radius 1 is 1.43 bits per heavy atom. The first-order valence-electron chi connectivity index (χ1n) is 5.17. The minimum Gasteiger partial charge on any atom is -0.316 e. The summed E-state index contributed by atoms with van der Waals surface area (Å²) < 4.78 is 13.1. The molecule has 0 aliphatic carbocycles. The van der Waals surface area contributed by atoms with Crippen LogP contribution in [-0.4, -0.2) is 13.1 Å². The van der Waals surface area contributed by atoms with Crippen LogP contribution >= 0.6 is 0 Å². The number of hydrogen-bond acceptors (Lipinski definition) is 1. The van der Waals surface area contributed by atoms with E-state index in [4.69, 9.17) is 0 Å². The van der Waals surface area contributed by atoms with Gasteiger partial charge in [0.05, 0.1) is 0 Å². The molecule has 2 heteroatoms. The molecule has 1 atom stereocenters. The molecule has 0 spiro atoms. The highest BCUT2D eigenvalue weighted by Gasteiger charge is 2.28. The van der Waals surface area contributed by atoms with Crippen LogP contribution in [0.3, 0.4) is 0 Å². The van der Waals surface area contributed by atoms with E-state index in [9.17, 15) is 4.39 Å². The van der Waals surface area contributed by atoms with Gasteiger partial charge in [-0.3, -0.25) is 0 Å². The van der Waals surface area contributed by atoms with Crippen molar-refractivity contribution in [1.82, 2.24) is 5.32 Å². The third-order valence-electron chi connectivity index (χ3n) is 3.12. The monoisotopic (exact) mass is 193 g/mol. The summed E-state index contributed by atoms with van der Waals surface area (Å²) in [7, 11) is 0. The van der Waals surface area contributed by atoms with E-state index in [1.807, 2.05) is 6.07 Å². The average Bonchev–Trinajstić information content (AvgIpc) is 2.19. The molecule has 1 aromatic carbocycles.